The smallest absolute Gasteiger partial charge is 0.404 e. The second kappa shape index (κ2) is 5.95. The van der Waals surface area contributed by atoms with Crippen LogP contribution in [0.3, 0.4) is 0 Å². The molecule has 0 aliphatic rings. The van der Waals surface area contributed by atoms with E-state index >= 15 is 0 Å². The Hall–Kier alpha value is -1.95. The number of nitrogen functional groups attached to an aromatic ring is 1. The van der Waals surface area contributed by atoms with E-state index in [1.807, 2.05) is 0 Å². The molecule has 1 rings (SSSR count). The Bertz CT molecular complexity index is 437. The van der Waals surface area contributed by atoms with Crippen molar-refractivity contribution < 1.29 is 14.3 Å². The number of halogens is 1. The second-order valence-corrected chi connectivity index (χ2v) is 3.57. The van der Waals surface area contributed by atoms with Crippen LogP contribution in [-0.2, 0) is 4.74 Å². The highest BCUT2D eigenvalue weighted by atomic mass is 35.5. The lowest BCUT2D eigenvalue weighted by Crippen LogP contribution is -2.29. The summed E-state index contributed by atoms with van der Waals surface area (Å²) in [6.07, 6.45) is -0.880. The van der Waals surface area contributed by atoms with Gasteiger partial charge >= 0.3 is 6.09 Å². The summed E-state index contributed by atoms with van der Waals surface area (Å²) in [6.45, 7) is 0.189. The van der Waals surface area contributed by atoms with E-state index in [1.54, 1.807) is 6.07 Å². The molecule has 0 atom stereocenters. The molecule has 0 aliphatic heterocycles. The molecule has 0 saturated heterocycles. The van der Waals surface area contributed by atoms with Crippen molar-refractivity contribution in [2.75, 3.05) is 18.9 Å². The van der Waals surface area contributed by atoms with Crippen LogP contribution in [0.2, 0.25) is 5.02 Å². The molecule has 0 aromatic heterocycles. The van der Waals surface area contributed by atoms with Crippen LogP contribution < -0.4 is 16.8 Å². The van der Waals surface area contributed by atoms with Crippen LogP contribution in [-0.4, -0.2) is 25.2 Å². The Balaban J connectivity index is 2.47. The van der Waals surface area contributed by atoms with Crippen LogP contribution >= 0.6 is 11.6 Å². The molecule has 0 saturated carbocycles. The zero-order valence-electron chi connectivity index (χ0n) is 8.90. The Labute approximate surface area is 103 Å². The van der Waals surface area contributed by atoms with Crippen LogP contribution in [0.25, 0.3) is 0 Å². The van der Waals surface area contributed by atoms with Crippen LogP contribution in [0, 0.1) is 0 Å². The van der Waals surface area contributed by atoms with Gasteiger partial charge in [-0.3, -0.25) is 4.79 Å². The monoisotopic (exact) mass is 257 g/mol. The maximum Gasteiger partial charge on any atom is 0.404 e. The molecule has 0 spiro atoms. The van der Waals surface area contributed by atoms with Crippen molar-refractivity contribution in [1.29, 1.82) is 0 Å². The topological polar surface area (TPSA) is 107 Å². The molecule has 0 bridgehead atoms. The van der Waals surface area contributed by atoms with Crippen LogP contribution in [0.1, 0.15) is 10.4 Å². The average molecular weight is 258 g/mol. The van der Waals surface area contributed by atoms with Gasteiger partial charge in [-0.2, -0.15) is 0 Å². The molecule has 0 unspecified atom stereocenters. The third-order valence-electron chi connectivity index (χ3n) is 1.89. The molecule has 0 aliphatic carbocycles. The van der Waals surface area contributed by atoms with Gasteiger partial charge in [-0.1, -0.05) is 11.6 Å². The van der Waals surface area contributed by atoms with E-state index in [9.17, 15) is 9.59 Å². The van der Waals surface area contributed by atoms with Gasteiger partial charge in [0.15, 0.2) is 0 Å². The van der Waals surface area contributed by atoms with Crippen molar-refractivity contribution in [3.63, 3.8) is 0 Å². The van der Waals surface area contributed by atoms with E-state index in [0.29, 0.717) is 16.3 Å². The van der Waals surface area contributed by atoms with E-state index in [2.05, 4.69) is 10.1 Å². The average Bonchev–Trinajstić information content (AvgIpc) is 2.27. The lowest BCUT2D eigenvalue weighted by molar-refractivity contribution is 0.0937. The quantitative estimate of drug-likeness (QED) is 0.546. The predicted octanol–water partition coefficient (Wildman–Crippen LogP) is 0.747. The van der Waals surface area contributed by atoms with Crippen LogP contribution in [0.15, 0.2) is 18.2 Å². The van der Waals surface area contributed by atoms with E-state index in [1.165, 1.54) is 12.1 Å². The third-order valence-corrected chi connectivity index (χ3v) is 2.23. The van der Waals surface area contributed by atoms with Crippen LogP contribution in [0.4, 0.5) is 10.5 Å². The van der Waals surface area contributed by atoms with Gasteiger partial charge in [-0.05, 0) is 18.2 Å². The van der Waals surface area contributed by atoms with Crippen molar-refractivity contribution in [3.8, 4) is 0 Å². The van der Waals surface area contributed by atoms with Crippen LogP contribution in [0.5, 0.6) is 0 Å². The number of rotatable bonds is 4. The molecule has 17 heavy (non-hydrogen) atoms. The number of hydrogen-bond donors (Lipinski definition) is 3. The maximum absolute atomic E-state index is 11.6. The number of amides is 2. The molecule has 5 N–H and O–H groups in total. The number of hydrogen-bond acceptors (Lipinski definition) is 4. The summed E-state index contributed by atoms with van der Waals surface area (Å²) >= 11 is 5.72. The number of nitrogens with one attached hydrogen (secondary N) is 1. The van der Waals surface area contributed by atoms with Crippen molar-refractivity contribution in [2.45, 2.75) is 0 Å². The normalized spacial score (nSPS) is 9.71. The van der Waals surface area contributed by atoms with Crippen molar-refractivity contribution >= 4 is 29.3 Å². The van der Waals surface area contributed by atoms with E-state index in [4.69, 9.17) is 23.1 Å². The Kier molecular flexibility index (Phi) is 4.59. The summed E-state index contributed by atoms with van der Waals surface area (Å²) in [5, 5.41) is 2.92. The second-order valence-electron chi connectivity index (χ2n) is 3.16. The first-order chi connectivity index (χ1) is 8.00. The molecule has 0 radical (unpaired) electrons. The number of ether oxygens (including phenoxy) is 1. The van der Waals surface area contributed by atoms with Gasteiger partial charge in [0.05, 0.1) is 17.3 Å². The molecule has 0 heterocycles. The van der Waals surface area contributed by atoms with Crippen molar-refractivity contribution in [3.05, 3.63) is 28.8 Å². The molecule has 0 fully saturated rings. The first-order valence-corrected chi connectivity index (χ1v) is 5.14. The number of carbonyl (C=O) groups is 2. The van der Waals surface area contributed by atoms with E-state index in [0.717, 1.165) is 0 Å². The minimum absolute atomic E-state index is 0.0180. The molecule has 2 amide bonds. The highest BCUT2D eigenvalue weighted by molar-refractivity contribution is 6.33. The molecule has 6 nitrogen and oxygen atoms in total. The predicted molar refractivity (Wildman–Crippen MR) is 63.7 cm³/mol. The minimum atomic E-state index is -0.880. The van der Waals surface area contributed by atoms with Gasteiger partial charge in [0.2, 0.25) is 0 Å². The van der Waals surface area contributed by atoms with Gasteiger partial charge in [0.1, 0.15) is 6.61 Å². The SMILES string of the molecule is NC(=O)OCCNC(=O)c1ccc(Cl)c(N)c1. The molecule has 1 aromatic rings. The first kappa shape index (κ1) is 13.1. The van der Waals surface area contributed by atoms with Crippen molar-refractivity contribution in [1.82, 2.24) is 5.32 Å². The fourth-order valence-electron chi connectivity index (χ4n) is 1.10. The number of nitrogens with two attached hydrogens (primary N) is 2. The number of primary amides is 1. The molecule has 92 valence electrons. The first-order valence-electron chi connectivity index (χ1n) is 4.76. The lowest BCUT2D eigenvalue weighted by Gasteiger charge is -2.06. The lowest BCUT2D eigenvalue weighted by atomic mass is 10.2. The zero-order chi connectivity index (χ0) is 12.8. The summed E-state index contributed by atoms with van der Waals surface area (Å²) in [6, 6.07) is 4.54. The van der Waals surface area contributed by atoms with E-state index in [-0.39, 0.29) is 19.1 Å². The molecular weight excluding hydrogens is 246 g/mol. The zero-order valence-corrected chi connectivity index (χ0v) is 9.66. The fraction of sp³-hybridized carbons (Fsp3) is 0.200. The largest absolute Gasteiger partial charge is 0.448 e. The number of carbonyl (C=O) groups excluding carboxylic acids is 2. The van der Waals surface area contributed by atoms with Gasteiger partial charge in [-0.15, -0.1) is 0 Å². The molecule has 1 aromatic carbocycles. The van der Waals surface area contributed by atoms with Gasteiger partial charge in [0, 0.05) is 5.56 Å². The van der Waals surface area contributed by atoms with Gasteiger partial charge in [-0.25, -0.2) is 4.79 Å². The van der Waals surface area contributed by atoms with E-state index < -0.39 is 6.09 Å². The standard InChI is InChI=1S/C10H12ClN3O3/c11-7-2-1-6(5-8(7)12)9(15)14-3-4-17-10(13)16/h1-2,5H,3-4,12H2,(H2,13,16)(H,14,15). The highest BCUT2D eigenvalue weighted by Crippen LogP contribution is 2.19. The fourth-order valence-corrected chi connectivity index (χ4v) is 1.22. The van der Waals surface area contributed by atoms with Crippen molar-refractivity contribution in [2.24, 2.45) is 5.73 Å². The minimum Gasteiger partial charge on any atom is -0.448 e. The Morgan fingerprint density at radius 3 is 2.71 bits per heavy atom. The van der Waals surface area contributed by atoms with Gasteiger partial charge in [0.25, 0.3) is 5.91 Å². The summed E-state index contributed by atoms with van der Waals surface area (Å²) in [5.74, 6) is -0.332. The Morgan fingerprint density at radius 1 is 1.41 bits per heavy atom. The highest BCUT2D eigenvalue weighted by Gasteiger charge is 2.06. The summed E-state index contributed by atoms with van der Waals surface area (Å²) in [5.41, 5.74) is 11.0. The third kappa shape index (κ3) is 4.20. The number of benzene rings is 1. The Morgan fingerprint density at radius 2 is 2.12 bits per heavy atom. The molecule has 7 heteroatoms. The summed E-state index contributed by atoms with van der Waals surface area (Å²) < 4.78 is 4.45. The molecular formula is C10H12ClN3O3. The summed E-state index contributed by atoms with van der Waals surface area (Å²) in [7, 11) is 0. The van der Waals surface area contributed by atoms with Gasteiger partial charge < -0.3 is 21.5 Å². The summed E-state index contributed by atoms with van der Waals surface area (Å²) in [4.78, 5) is 21.8. The number of anilines is 1. The maximum atomic E-state index is 11.6.